The number of benzene rings is 1. The zero-order chi connectivity index (χ0) is 17.1. The van der Waals surface area contributed by atoms with Crippen molar-refractivity contribution < 1.29 is 4.79 Å². The number of carbonyl (C=O) groups is 1. The van der Waals surface area contributed by atoms with Crippen LogP contribution in [0.25, 0.3) is 5.69 Å². The number of rotatable bonds is 5. The largest absolute Gasteiger partial charge is 0.300 e. The van der Waals surface area contributed by atoms with Crippen LogP contribution in [0.15, 0.2) is 29.7 Å². The lowest BCUT2D eigenvalue weighted by Gasteiger charge is -2.08. The molecule has 9 heteroatoms. The molecule has 1 N–H and O–H groups in total. The van der Waals surface area contributed by atoms with Crippen molar-refractivity contribution in [1.82, 2.24) is 25.0 Å². The molecule has 0 aliphatic heterocycles. The molecule has 2 heterocycles. The van der Waals surface area contributed by atoms with Gasteiger partial charge in [-0.25, -0.2) is 0 Å². The third-order valence-electron chi connectivity index (χ3n) is 3.39. The molecular formula is C15H16N6OS2. The third kappa shape index (κ3) is 3.80. The minimum Gasteiger partial charge on any atom is -0.300 e. The van der Waals surface area contributed by atoms with Gasteiger partial charge in [0.05, 0.1) is 5.75 Å². The summed E-state index contributed by atoms with van der Waals surface area (Å²) in [5, 5.41) is 20.5. The van der Waals surface area contributed by atoms with Gasteiger partial charge in [-0.2, -0.15) is 0 Å². The van der Waals surface area contributed by atoms with Crippen LogP contribution in [0.3, 0.4) is 0 Å². The van der Waals surface area contributed by atoms with Crippen LogP contribution in [0.4, 0.5) is 5.13 Å². The summed E-state index contributed by atoms with van der Waals surface area (Å²) in [5.41, 5.74) is 3.40. The summed E-state index contributed by atoms with van der Waals surface area (Å²) in [5.74, 6) is 0.0769. The molecule has 124 valence electrons. The van der Waals surface area contributed by atoms with Crippen LogP contribution < -0.4 is 5.32 Å². The summed E-state index contributed by atoms with van der Waals surface area (Å²) >= 11 is 2.67. The zero-order valence-corrected chi connectivity index (χ0v) is 15.1. The quantitative estimate of drug-likeness (QED) is 0.704. The van der Waals surface area contributed by atoms with Gasteiger partial charge in [0, 0.05) is 5.69 Å². The average Bonchev–Trinajstić information content (AvgIpc) is 3.17. The molecule has 0 spiro atoms. The number of amides is 1. The summed E-state index contributed by atoms with van der Waals surface area (Å²) in [6, 6.07) is 6.15. The van der Waals surface area contributed by atoms with Gasteiger partial charge in [-0.05, 0) is 44.0 Å². The fraction of sp³-hybridized carbons (Fsp3) is 0.267. The van der Waals surface area contributed by atoms with Crippen molar-refractivity contribution in [3.05, 3.63) is 40.7 Å². The van der Waals surface area contributed by atoms with Crippen LogP contribution >= 0.6 is 23.1 Å². The number of thioether (sulfide) groups is 1. The second-order valence-corrected chi connectivity index (χ2v) is 7.34. The molecule has 24 heavy (non-hydrogen) atoms. The number of aromatic nitrogens is 5. The molecule has 3 rings (SSSR count). The maximum atomic E-state index is 12.0. The molecule has 0 atom stereocenters. The SMILES string of the molecule is Cc1nnc(NC(=O)CSc2nncn2-c2ccc(C)c(C)c2)s1. The Morgan fingerprint density at radius 3 is 2.75 bits per heavy atom. The highest BCUT2D eigenvalue weighted by molar-refractivity contribution is 7.99. The summed E-state index contributed by atoms with van der Waals surface area (Å²) in [6.07, 6.45) is 1.65. The van der Waals surface area contributed by atoms with E-state index < -0.39 is 0 Å². The summed E-state index contributed by atoms with van der Waals surface area (Å²) in [4.78, 5) is 12.0. The molecule has 1 aromatic carbocycles. The number of aryl methyl sites for hydroxylation is 3. The summed E-state index contributed by atoms with van der Waals surface area (Å²) in [6.45, 7) is 5.97. The standard InChI is InChI=1S/C15H16N6OS2/c1-9-4-5-12(6-10(9)2)21-8-16-20-15(21)23-7-13(22)17-14-19-18-11(3)24-14/h4-6,8H,7H2,1-3H3,(H,17,19,22). The van der Waals surface area contributed by atoms with Crippen LogP contribution in [-0.4, -0.2) is 36.6 Å². The van der Waals surface area contributed by atoms with E-state index in [9.17, 15) is 4.79 Å². The van der Waals surface area contributed by atoms with Crippen molar-refractivity contribution >= 4 is 34.1 Å². The molecule has 0 unspecified atom stereocenters. The molecule has 0 saturated heterocycles. The highest BCUT2D eigenvalue weighted by atomic mass is 32.2. The smallest absolute Gasteiger partial charge is 0.236 e. The molecule has 0 saturated carbocycles. The Bertz CT molecular complexity index is 872. The van der Waals surface area contributed by atoms with E-state index in [1.165, 1.54) is 34.2 Å². The molecule has 0 aliphatic carbocycles. The lowest BCUT2D eigenvalue weighted by molar-refractivity contribution is -0.113. The molecule has 0 bridgehead atoms. The number of hydrogen-bond donors (Lipinski definition) is 1. The van der Waals surface area contributed by atoms with Gasteiger partial charge in [0.15, 0.2) is 5.16 Å². The van der Waals surface area contributed by atoms with Crippen molar-refractivity contribution in [2.45, 2.75) is 25.9 Å². The highest BCUT2D eigenvalue weighted by Crippen LogP contribution is 2.22. The number of hydrogen-bond acceptors (Lipinski definition) is 7. The van der Waals surface area contributed by atoms with Gasteiger partial charge in [0.1, 0.15) is 11.3 Å². The predicted molar refractivity (Wildman–Crippen MR) is 94.8 cm³/mol. The molecular weight excluding hydrogens is 344 g/mol. The first kappa shape index (κ1) is 16.6. The molecule has 1 amide bonds. The summed E-state index contributed by atoms with van der Waals surface area (Å²) < 4.78 is 1.87. The second-order valence-electron chi connectivity index (χ2n) is 5.22. The molecule has 0 fully saturated rings. The number of anilines is 1. The Balaban J connectivity index is 1.67. The topological polar surface area (TPSA) is 85.6 Å². The van der Waals surface area contributed by atoms with E-state index >= 15 is 0 Å². The van der Waals surface area contributed by atoms with Crippen LogP contribution in [0, 0.1) is 20.8 Å². The first-order valence-electron chi connectivity index (χ1n) is 7.23. The maximum absolute atomic E-state index is 12.0. The first-order chi connectivity index (χ1) is 11.5. The lowest BCUT2D eigenvalue weighted by Crippen LogP contribution is -2.14. The van der Waals surface area contributed by atoms with Gasteiger partial charge in [-0.1, -0.05) is 29.2 Å². The average molecular weight is 360 g/mol. The van der Waals surface area contributed by atoms with E-state index in [4.69, 9.17) is 0 Å². The normalized spacial score (nSPS) is 10.8. The Hall–Kier alpha value is -2.26. The second kappa shape index (κ2) is 7.10. The Kier molecular flexibility index (Phi) is 4.91. The van der Waals surface area contributed by atoms with Crippen LogP contribution in [-0.2, 0) is 4.79 Å². The van der Waals surface area contributed by atoms with Gasteiger partial charge < -0.3 is 0 Å². The van der Waals surface area contributed by atoms with Gasteiger partial charge in [-0.3, -0.25) is 14.7 Å². The van der Waals surface area contributed by atoms with E-state index in [2.05, 4.69) is 51.7 Å². The number of nitrogens with one attached hydrogen (secondary N) is 1. The van der Waals surface area contributed by atoms with Crippen LogP contribution in [0.1, 0.15) is 16.1 Å². The van der Waals surface area contributed by atoms with Gasteiger partial charge in [0.25, 0.3) is 0 Å². The molecule has 0 radical (unpaired) electrons. The van der Waals surface area contributed by atoms with Crippen molar-refractivity contribution in [2.75, 3.05) is 11.1 Å². The van der Waals surface area contributed by atoms with Gasteiger partial charge in [0.2, 0.25) is 11.0 Å². The van der Waals surface area contributed by atoms with E-state index in [-0.39, 0.29) is 11.7 Å². The monoisotopic (exact) mass is 360 g/mol. The zero-order valence-electron chi connectivity index (χ0n) is 13.5. The highest BCUT2D eigenvalue weighted by Gasteiger charge is 2.12. The van der Waals surface area contributed by atoms with Crippen molar-refractivity contribution in [2.24, 2.45) is 0 Å². The maximum Gasteiger partial charge on any atom is 0.236 e. The molecule has 0 aliphatic rings. The predicted octanol–water partition coefficient (Wildman–Crippen LogP) is 2.77. The summed E-state index contributed by atoms with van der Waals surface area (Å²) in [7, 11) is 0. The Morgan fingerprint density at radius 1 is 1.21 bits per heavy atom. The Morgan fingerprint density at radius 2 is 2.04 bits per heavy atom. The number of carbonyl (C=O) groups excluding carboxylic acids is 1. The minimum atomic E-state index is -0.147. The fourth-order valence-electron chi connectivity index (χ4n) is 2.01. The van der Waals surface area contributed by atoms with Gasteiger partial charge in [-0.15, -0.1) is 20.4 Å². The Labute approximate surface area is 147 Å². The van der Waals surface area contributed by atoms with Crippen LogP contribution in [0.5, 0.6) is 0 Å². The molecule has 2 aromatic heterocycles. The molecule has 7 nitrogen and oxygen atoms in total. The van der Waals surface area contributed by atoms with E-state index in [1.807, 2.05) is 17.6 Å². The van der Waals surface area contributed by atoms with Crippen molar-refractivity contribution in [3.8, 4) is 5.69 Å². The van der Waals surface area contributed by atoms with Crippen molar-refractivity contribution in [1.29, 1.82) is 0 Å². The third-order valence-corrected chi connectivity index (χ3v) is 5.09. The van der Waals surface area contributed by atoms with E-state index in [1.54, 1.807) is 6.33 Å². The number of nitrogens with zero attached hydrogens (tertiary/aromatic N) is 5. The van der Waals surface area contributed by atoms with Crippen LogP contribution in [0.2, 0.25) is 0 Å². The minimum absolute atomic E-state index is 0.147. The van der Waals surface area contributed by atoms with Gasteiger partial charge >= 0.3 is 0 Å². The molecule has 3 aromatic rings. The lowest BCUT2D eigenvalue weighted by atomic mass is 10.1. The van der Waals surface area contributed by atoms with Crippen molar-refractivity contribution in [3.63, 3.8) is 0 Å². The fourth-order valence-corrected chi connectivity index (χ4v) is 3.34. The van der Waals surface area contributed by atoms with E-state index in [0.717, 1.165) is 10.7 Å². The van der Waals surface area contributed by atoms with E-state index in [0.29, 0.717) is 10.3 Å². The first-order valence-corrected chi connectivity index (χ1v) is 9.03.